The molecule has 7 nitrogen and oxygen atoms in total. The fourth-order valence-corrected chi connectivity index (χ4v) is 3.72. The molecule has 0 aliphatic heterocycles. The third-order valence-electron chi connectivity index (χ3n) is 6.23. The van der Waals surface area contributed by atoms with E-state index in [2.05, 4.69) is 17.9 Å². The summed E-state index contributed by atoms with van der Waals surface area (Å²) in [6, 6.07) is 17.1. The van der Waals surface area contributed by atoms with Gasteiger partial charge in [0.15, 0.2) is 0 Å². The van der Waals surface area contributed by atoms with Gasteiger partial charge in [-0.1, -0.05) is 50.4 Å². The monoisotopic (exact) mass is 545 g/mol. The third kappa shape index (κ3) is 14.2. The molecule has 0 bridgehead atoms. The summed E-state index contributed by atoms with van der Waals surface area (Å²) in [6.07, 6.45) is 9.95. The summed E-state index contributed by atoms with van der Waals surface area (Å²) < 4.78 is 16.7. The van der Waals surface area contributed by atoms with E-state index in [1.807, 2.05) is 43.3 Å². The molecule has 1 N–H and O–H groups in total. The molecule has 0 saturated heterocycles. The van der Waals surface area contributed by atoms with Crippen LogP contribution in [0.15, 0.2) is 60.7 Å². The summed E-state index contributed by atoms with van der Waals surface area (Å²) in [7, 11) is 0. The molecule has 0 spiro atoms. The highest BCUT2D eigenvalue weighted by Gasteiger charge is 2.16. The van der Waals surface area contributed by atoms with Gasteiger partial charge in [-0.05, 0) is 75.2 Å². The fourth-order valence-electron chi connectivity index (χ4n) is 3.72. The highest BCUT2D eigenvalue weighted by atomic mass is 16.6. The molecule has 2 aromatic rings. The molecule has 2 aromatic carbocycles. The summed E-state index contributed by atoms with van der Waals surface area (Å²) in [5, 5.41) is 17.4. The molecular weight excluding hydrogens is 506 g/mol. The van der Waals surface area contributed by atoms with Crippen LogP contribution in [0.25, 0.3) is 0 Å². The maximum atomic E-state index is 11.5. The van der Waals surface area contributed by atoms with E-state index >= 15 is 0 Å². The number of aliphatic carboxylic acids is 1. The quantitative estimate of drug-likeness (QED) is 0.106. The average molecular weight is 546 g/mol. The van der Waals surface area contributed by atoms with E-state index in [1.54, 1.807) is 19.1 Å². The molecule has 2 atom stereocenters. The van der Waals surface area contributed by atoms with Gasteiger partial charge in [0, 0.05) is 29.9 Å². The predicted octanol–water partition coefficient (Wildman–Crippen LogP) is 6.44. The zero-order chi connectivity index (χ0) is 29.0. The van der Waals surface area contributed by atoms with Crippen LogP contribution in [0.2, 0.25) is 0 Å². The normalized spacial score (nSPS) is 12.1. The number of carbonyl (C=O) groups excluding carboxylic acids is 1. The van der Waals surface area contributed by atoms with Crippen molar-refractivity contribution in [2.75, 3.05) is 13.2 Å². The van der Waals surface area contributed by atoms with Crippen LogP contribution in [-0.2, 0) is 19.1 Å². The summed E-state index contributed by atoms with van der Waals surface area (Å²) in [5.74, 6) is 5.21. The smallest absolute Gasteiger partial charge is 0.331 e. The zero-order valence-electron chi connectivity index (χ0n) is 23.4. The van der Waals surface area contributed by atoms with E-state index in [9.17, 15) is 9.59 Å². The SMILES string of the molecule is CC(OCCCCCCCCCCOc1ccc(C#Cc2ccc(C#N)cc2)cc1)C(C)OC(=O)/C=C\C(=O)O. The van der Waals surface area contributed by atoms with Crippen molar-refractivity contribution >= 4 is 11.9 Å². The van der Waals surface area contributed by atoms with Gasteiger partial charge in [0.25, 0.3) is 0 Å². The van der Waals surface area contributed by atoms with E-state index < -0.39 is 18.0 Å². The molecular formula is C33H39NO6. The van der Waals surface area contributed by atoms with Crippen LogP contribution in [-0.4, -0.2) is 42.5 Å². The molecule has 0 aromatic heterocycles. The molecule has 0 heterocycles. The van der Waals surface area contributed by atoms with Gasteiger partial charge >= 0.3 is 11.9 Å². The van der Waals surface area contributed by atoms with Crippen LogP contribution in [0.3, 0.4) is 0 Å². The number of hydrogen-bond acceptors (Lipinski definition) is 6. The molecule has 0 amide bonds. The van der Waals surface area contributed by atoms with Gasteiger partial charge in [-0.3, -0.25) is 0 Å². The average Bonchev–Trinajstić information content (AvgIpc) is 2.96. The van der Waals surface area contributed by atoms with E-state index in [4.69, 9.17) is 24.6 Å². The first kappa shape index (κ1) is 32.1. The minimum absolute atomic E-state index is 0.254. The van der Waals surface area contributed by atoms with Gasteiger partial charge in [0.2, 0.25) is 0 Å². The Morgan fingerprint density at radius 2 is 1.25 bits per heavy atom. The standard InChI is InChI=1S/C33H39NO6/c1-26(27(2)40-33(37)22-21-32(35)36)38-23-9-7-5-3-4-6-8-10-24-39-31-19-17-29(18-20-31)12-11-28-13-15-30(25-34)16-14-28/h13-22,26-27H,3-10,23-24H2,1-2H3,(H,35,36)/b22-21-. The number of carboxylic acids is 1. The lowest BCUT2D eigenvalue weighted by Crippen LogP contribution is -2.28. The van der Waals surface area contributed by atoms with Crippen molar-refractivity contribution in [3.8, 4) is 23.7 Å². The minimum Gasteiger partial charge on any atom is -0.494 e. The molecule has 0 saturated carbocycles. The lowest BCUT2D eigenvalue weighted by atomic mass is 10.1. The van der Waals surface area contributed by atoms with Crippen molar-refractivity contribution in [2.45, 2.75) is 77.4 Å². The Morgan fingerprint density at radius 3 is 1.80 bits per heavy atom. The van der Waals surface area contributed by atoms with Crippen LogP contribution in [0, 0.1) is 23.2 Å². The Labute approximate surface area is 237 Å². The van der Waals surface area contributed by atoms with Crippen molar-refractivity contribution < 1.29 is 28.9 Å². The van der Waals surface area contributed by atoms with Crippen LogP contribution in [0.4, 0.5) is 0 Å². The lowest BCUT2D eigenvalue weighted by molar-refractivity contribution is -0.149. The molecule has 2 unspecified atom stereocenters. The van der Waals surface area contributed by atoms with Gasteiger partial charge < -0.3 is 19.3 Å². The van der Waals surface area contributed by atoms with E-state index in [0.29, 0.717) is 18.8 Å². The number of benzene rings is 2. The number of nitriles is 1. The lowest BCUT2D eigenvalue weighted by Gasteiger charge is -2.20. The Bertz CT molecular complexity index is 1170. The van der Waals surface area contributed by atoms with E-state index in [0.717, 1.165) is 54.7 Å². The van der Waals surface area contributed by atoms with Crippen LogP contribution in [0.1, 0.15) is 81.9 Å². The maximum Gasteiger partial charge on any atom is 0.331 e. The van der Waals surface area contributed by atoms with Gasteiger partial charge in [-0.2, -0.15) is 5.26 Å². The summed E-state index contributed by atoms with van der Waals surface area (Å²) >= 11 is 0. The maximum absolute atomic E-state index is 11.5. The number of hydrogen-bond donors (Lipinski definition) is 1. The molecule has 2 rings (SSSR count). The van der Waals surface area contributed by atoms with Gasteiger partial charge in [-0.25, -0.2) is 9.59 Å². The Morgan fingerprint density at radius 1 is 0.750 bits per heavy atom. The molecule has 40 heavy (non-hydrogen) atoms. The van der Waals surface area contributed by atoms with Crippen molar-refractivity contribution in [2.24, 2.45) is 0 Å². The molecule has 0 fully saturated rings. The first-order chi connectivity index (χ1) is 19.4. The predicted molar refractivity (Wildman–Crippen MR) is 154 cm³/mol. The van der Waals surface area contributed by atoms with Crippen LogP contribution < -0.4 is 4.74 Å². The first-order valence-electron chi connectivity index (χ1n) is 13.9. The van der Waals surface area contributed by atoms with E-state index in [-0.39, 0.29) is 6.10 Å². The first-order valence-corrected chi connectivity index (χ1v) is 13.9. The van der Waals surface area contributed by atoms with Gasteiger partial charge in [0.1, 0.15) is 11.9 Å². The minimum atomic E-state index is -1.19. The number of unbranched alkanes of at least 4 members (excludes halogenated alkanes) is 7. The summed E-state index contributed by atoms with van der Waals surface area (Å²) in [5.41, 5.74) is 2.42. The summed E-state index contributed by atoms with van der Waals surface area (Å²) in [4.78, 5) is 22.0. The summed E-state index contributed by atoms with van der Waals surface area (Å²) in [6.45, 7) is 4.88. The largest absolute Gasteiger partial charge is 0.494 e. The Kier molecular flexibility index (Phi) is 15.3. The molecule has 0 aliphatic rings. The molecule has 212 valence electrons. The van der Waals surface area contributed by atoms with Crippen molar-refractivity contribution in [1.82, 2.24) is 0 Å². The van der Waals surface area contributed by atoms with Crippen molar-refractivity contribution in [1.29, 1.82) is 5.26 Å². The Hall–Kier alpha value is -4.07. The number of esters is 1. The number of carboxylic acid groups (broad SMARTS) is 1. The van der Waals surface area contributed by atoms with E-state index in [1.165, 1.54) is 25.7 Å². The fraction of sp³-hybridized carbons (Fsp3) is 0.424. The highest BCUT2D eigenvalue weighted by Crippen LogP contribution is 2.14. The Balaban J connectivity index is 1.45. The second-order valence-electron chi connectivity index (χ2n) is 9.53. The number of ether oxygens (including phenoxy) is 3. The van der Waals surface area contributed by atoms with Crippen molar-refractivity contribution in [3.63, 3.8) is 0 Å². The molecule has 0 radical (unpaired) electrons. The molecule has 7 heteroatoms. The van der Waals surface area contributed by atoms with Gasteiger partial charge in [0.05, 0.1) is 24.3 Å². The van der Waals surface area contributed by atoms with Crippen LogP contribution in [0.5, 0.6) is 5.75 Å². The number of rotatable bonds is 17. The second kappa shape index (κ2) is 19.1. The second-order valence-corrected chi connectivity index (χ2v) is 9.53. The van der Waals surface area contributed by atoms with Crippen molar-refractivity contribution in [3.05, 3.63) is 77.4 Å². The van der Waals surface area contributed by atoms with Gasteiger partial charge in [-0.15, -0.1) is 0 Å². The number of nitrogens with zero attached hydrogens (tertiary/aromatic N) is 1. The number of carbonyl (C=O) groups is 2. The topological polar surface area (TPSA) is 106 Å². The highest BCUT2D eigenvalue weighted by molar-refractivity contribution is 5.90. The molecule has 0 aliphatic carbocycles. The zero-order valence-corrected chi connectivity index (χ0v) is 23.4. The third-order valence-corrected chi connectivity index (χ3v) is 6.23. The van der Waals surface area contributed by atoms with Crippen LogP contribution >= 0.6 is 0 Å².